The molecule has 0 spiro atoms. The van der Waals surface area contributed by atoms with E-state index >= 15 is 0 Å². The third-order valence-corrected chi connectivity index (χ3v) is 3.26. The third kappa shape index (κ3) is 3.74. The molecule has 0 unspecified atom stereocenters. The van der Waals surface area contributed by atoms with Gasteiger partial charge >= 0.3 is 0 Å². The molecule has 1 N–H and O–H groups in total. The highest BCUT2D eigenvalue weighted by Gasteiger charge is 2.07. The summed E-state index contributed by atoms with van der Waals surface area (Å²) in [6, 6.07) is 6.78. The van der Waals surface area contributed by atoms with Gasteiger partial charge in [0.05, 0.1) is 10.0 Å². The molecule has 0 saturated heterocycles. The Bertz CT molecular complexity index is 590. The minimum Gasteiger partial charge on any atom is -0.437 e. The second-order valence-electron chi connectivity index (χ2n) is 3.82. The number of hydrogen-bond donors (Lipinski definition) is 1. The van der Waals surface area contributed by atoms with E-state index < -0.39 is 0 Å². The Kier molecular flexibility index (Phi) is 4.88. The van der Waals surface area contributed by atoms with Gasteiger partial charge in [-0.25, -0.2) is 4.98 Å². The highest BCUT2D eigenvalue weighted by atomic mass is 35.5. The molecule has 2 aromatic rings. The van der Waals surface area contributed by atoms with Crippen molar-refractivity contribution < 1.29 is 4.74 Å². The number of rotatable bonds is 4. The van der Waals surface area contributed by atoms with Gasteiger partial charge in [0.15, 0.2) is 0 Å². The van der Waals surface area contributed by atoms with E-state index in [1.807, 2.05) is 7.05 Å². The van der Waals surface area contributed by atoms with Crippen LogP contribution in [-0.2, 0) is 6.54 Å². The Morgan fingerprint density at radius 3 is 2.63 bits per heavy atom. The third-order valence-electron chi connectivity index (χ3n) is 2.39. The summed E-state index contributed by atoms with van der Waals surface area (Å²) >= 11 is 17.9. The highest BCUT2D eigenvalue weighted by Crippen LogP contribution is 2.31. The van der Waals surface area contributed by atoms with E-state index in [4.69, 9.17) is 39.5 Å². The predicted molar refractivity (Wildman–Crippen MR) is 78.5 cm³/mol. The summed E-state index contributed by atoms with van der Waals surface area (Å²) in [5.41, 5.74) is 0.902. The van der Waals surface area contributed by atoms with Crippen molar-refractivity contribution in [3.05, 3.63) is 51.1 Å². The molecule has 0 radical (unpaired) electrons. The van der Waals surface area contributed by atoms with Gasteiger partial charge < -0.3 is 10.1 Å². The maximum Gasteiger partial charge on any atom is 0.219 e. The number of aromatic nitrogens is 1. The van der Waals surface area contributed by atoms with Crippen LogP contribution in [0.1, 0.15) is 5.56 Å². The number of halogens is 3. The van der Waals surface area contributed by atoms with Gasteiger partial charge in [0, 0.05) is 23.8 Å². The van der Waals surface area contributed by atoms with Crippen LogP contribution in [0.4, 0.5) is 0 Å². The van der Waals surface area contributed by atoms with E-state index in [1.165, 1.54) is 0 Å². The van der Waals surface area contributed by atoms with Crippen LogP contribution in [0, 0.1) is 0 Å². The maximum atomic E-state index is 6.04. The Hall–Kier alpha value is -1.000. The van der Waals surface area contributed by atoms with Crippen molar-refractivity contribution in [2.24, 2.45) is 0 Å². The molecule has 6 heteroatoms. The van der Waals surface area contributed by atoms with E-state index in [1.54, 1.807) is 30.5 Å². The second-order valence-corrected chi connectivity index (χ2v) is 5.07. The fourth-order valence-electron chi connectivity index (χ4n) is 1.51. The Morgan fingerprint density at radius 2 is 1.95 bits per heavy atom. The monoisotopic (exact) mass is 316 g/mol. The number of nitrogens with zero attached hydrogens (tertiary/aromatic N) is 1. The van der Waals surface area contributed by atoms with Crippen LogP contribution in [0.3, 0.4) is 0 Å². The zero-order valence-electron chi connectivity index (χ0n) is 10.1. The Labute approximate surface area is 126 Å². The lowest BCUT2D eigenvalue weighted by molar-refractivity contribution is 0.462. The number of nitrogens with one attached hydrogen (secondary N) is 1. The first-order valence-electron chi connectivity index (χ1n) is 5.52. The molecule has 0 atom stereocenters. The van der Waals surface area contributed by atoms with E-state index in [0.717, 1.165) is 5.56 Å². The summed E-state index contributed by atoms with van der Waals surface area (Å²) in [6.07, 6.45) is 1.55. The maximum absolute atomic E-state index is 6.04. The molecule has 1 aromatic heterocycles. The van der Waals surface area contributed by atoms with Gasteiger partial charge in [0.1, 0.15) is 5.75 Å². The molecule has 0 aliphatic carbocycles. The smallest absolute Gasteiger partial charge is 0.219 e. The molecule has 0 bridgehead atoms. The number of benzene rings is 1. The number of pyridine rings is 1. The van der Waals surface area contributed by atoms with E-state index in [9.17, 15) is 0 Å². The van der Waals surface area contributed by atoms with Crippen LogP contribution in [0.25, 0.3) is 0 Å². The normalized spacial score (nSPS) is 10.5. The van der Waals surface area contributed by atoms with Crippen molar-refractivity contribution in [3.63, 3.8) is 0 Å². The van der Waals surface area contributed by atoms with Crippen LogP contribution in [0.5, 0.6) is 11.6 Å². The second kappa shape index (κ2) is 6.44. The molecule has 100 valence electrons. The van der Waals surface area contributed by atoms with Crippen molar-refractivity contribution in [2.45, 2.75) is 6.54 Å². The van der Waals surface area contributed by atoms with Gasteiger partial charge in [-0.15, -0.1) is 0 Å². The lowest BCUT2D eigenvalue weighted by atomic mass is 10.2. The molecule has 19 heavy (non-hydrogen) atoms. The first kappa shape index (κ1) is 14.4. The average Bonchev–Trinajstić information content (AvgIpc) is 2.37. The van der Waals surface area contributed by atoms with Crippen molar-refractivity contribution >= 4 is 34.8 Å². The lowest BCUT2D eigenvalue weighted by Gasteiger charge is -2.09. The minimum absolute atomic E-state index is 0.430. The van der Waals surface area contributed by atoms with Gasteiger partial charge in [0.25, 0.3) is 0 Å². The number of ether oxygens (including phenoxy) is 1. The van der Waals surface area contributed by atoms with Crippen LogP contribution in [0.15, 0.2) is 30.5 Å². The molecule has 0 amide bonds. The standard InChI is InChI=1S/C13H11Cl3N2O/c1-17-6-8-4-13(18-7-11(8)16)19-12-3-2-9(14)5-10(12)15/h2-5,7,17H,6H2,1H3. The van der Waals surface area contributed by atoms with Crippen LogP contribution in [0.2, 0.25) is 15.1 Å². The first-order chi connectivity index (χ1) is 9.10. The van der Waals surface area contributed by atoms with Gasteiger partial charge in [0.2, 0.25) is 5.88 Å². The molecule has 0 fully saturated rings. The molecule has 1 aromatic carbocycles. The zero-order valence-corrected chi connectivity index (χ0v) is 12.4. The quantitative estimate of drug-likeness (QED) is 0.898. The average molecular weight is 318 g/mol. The zero-order chi connectivity index (χ0) is 13.8. The highest BCUT2D eigenvalue weighted by molar-refractivity contribution is 6.35. The first-order valence-corrected chi connectivity index (χ1v) is 6.65. The molecule has 0 aliphatic heterocycles. The molecule has 1 heterocycles. The van der Waals surface area contributed by atoms with E-state index in [0.29, 0.717) is 33.2 Å². The van der Waals surface area contributed by atoms with Crippen molar-refractivity contribution in [1.29, 1.82) is 0 Å². The summed E-state index contributed by atoms with van der Waals surface area (Å²) in [5, 5.41) is 4.59. The van der Waals surface area contributed by atoms with Gasteiger partial charge in [-0.2, -0.15) is 0 Å². The number of hydrogen-bond acceptors (Lipinski definition) is 3. The van der Waals surface area contributed by atoms with Crippen molar-refractivity contribution in [3.8, 4) is 11.6 Å². The van der Waals surface area contributed by atoms with Crippen molar-refractivity contribution in [1.82, 2.24) is 10.3 Å². The fourth-order valence-corrected chi connectivity index (χ4v) is 2.13. The van der Waals surface area contributed by atoms with Crippen molar-refractivity contribution in [2.75, 3.05) is 7.05 Å². The summed E-state index contributed by atoms with van der Waals surface area (Å²) in [6.45, 7) is 0.631. The van der Waals surface area contributed by atoms with Crippen LogP contribution in [-0.4, -0.2) is 12.0 Å². The molecule has 0 saturated carbocycles. The Balaban J connectivity index is 2.25. The molecule has 0 aliphatic rings. The Morgan fingerprint density at radius 1 is 1.16 bits per heavy atom. The predicted octanol–water partition coefficient (Wildman–Crippen LogP) is 4.55. The molecular formula is C13H11Cl3N2O. The summed E-state index contributed by atoms with van der Waals surface area (Å²) in [7, 11) is 1.84. The lowest BCUT2D eigenvalue weighted by Crippen LogP contribution is -2.06. The van der Waals surface area contributed by atoms with E-state index in [2.05, 4.69) is 10.3 Å². The largest absolute Gasteiger partial charge is 0.437 e. The minimum atomic E-state index is 0.430. The summed E-state index contributed by atoms with van der Waals surface area (Å²) < 4.78 is 5.62. The van der Waals surface area contributed by atoms with Gasteiger partial charge in [-0.1, -0.05) is 34.8 Å². The summed E-state index contributed by atoms with van der Waals surface area (Å²) in [5.74, 6) is 0.926. The molecule has 3 nitrogen and oxygen atoms in total. The topological polar surface area (TPSA) is 34.1 Å². The summed E-state index contributed by atoms with van der Waals surface area (Å²) in [4.78, 5) is 4.11. The van der Waals surface area contributed by atoms with E-state index in [-0.39, 0.29) is 0 Å². The molecule has 2 rings (SSSR count). The SMILES string of the molecule is CNCc1cc(Oc2ccc(Cl)cc2Cl)ncc1Cl. The van der Waals surface area contributed by atoms with Gasteiger partial charge in [-0.3, -0.25) is 0 Å². The van der Waals surface area contributed by atoms with Crippen LogP contribution < -0.4 is 10.1 Å². The fraction of sp³-hybridized carbons (Fsp3) is 0.154. The van der Waals surface area contributed by atoms with Crippen LogP contribution >= 0.6 is 34.8 Å². The molecular weight excluding hydrogens is 307 g/mol. The van der Waals surface area contributed by atoms with Gasteiger partial charge in [-0.05, 0) is 30.8 Å².